The van der Waals surface area contributed by atoms with Crippen molar-refractivity contribution >= 4 is 17.4 Å². The number of halogens is 3. The van der Waals surface area contributed by atoms with Crippen LogP contribution in [0.25, 0.3) is 0 Å². The topological polar surface area (TPSA) is 66.9 Å². The Morgan fingerprint density at radius 1 is 1.04 bits per heavy atom. The molecule has 0 saturated carbocycles. The van der Waals surface area contributed by atoms with Crippen LogP contribution in [0.4, 0.5) is 24.7 Å². The van der Waals surface area contributed by atoms with Crippen molar-refractivity contribution in [3.8, 4) is 0 Å². The minimum absolute atomic E-state index is 0.134. The summed E-state index contributed by atoms with van der Waals surface area (Å²) in [4.78, 5) is 20.2. The van der Waals surface area contributed by atoms with Gasteiger partial charge in [-0.15, -0.1) is 0 Å². The zero-order valence-corrected chi connectivity index (χ0v) is 14.0. The zero-order chi connectivity index (χ0) is 19.3. The van der Waals surface area contributed by atoms with Gasteiger partial charge in [0.1, 0.15) is 5.82 Å². The lowest BCUT2D eigenvalue weighted by Crippen LogP contribution is -2.23. The molecular formula is C19H15F3N4O. The summed E-state index contributed by atoms with van der Waals surface area (Å²) in [6.07, 6.45) is 0.124. The number of carbonyl (C=O) groups excluding carboxylic acids is 1. The lowest BCUT2D eigenvalue weighted by Gasteiger charge is -2.14. The fourth-order valence-corrected chi connectivity index (χ4v) is 2.40. The summed E-state index contributed by atoms with van der Waals surface area (Å²) in [6, 6.07) is 11.5. The number of benzene rings is 1. The molecule has 0 radical (unpaired) electrons. The summed E-state index contributed by atoms with van der Waals surface area (Å²) >= 11 is 0. The molecule has 0 bridgehead atoms. The molecule has 0 atom stereocenters. The Kier molecular flexibility index (Phi) is 5.35. The molecule has 5 nitrogen and oxygen atoms in total. The molecule has 0 fully saturated rings. The van der Waals surface area contributed by atoms with Crippen molar-refractivity contribution in [3.63, 3.8) is 0 Å². The van der Waals surface area contributed by atoms with Crippen LogP contribution in [0.15, 0.2) is 67.1 Å². The number of alkyl halides is 3. The van der Waals surface area contributed by atoms with E-state index in [4.69, 9.17) is 0 Å². The Morgan fingerprint density at radius 2 is 1.85 bits per heavy atom. The van der Waals surface area contributed by atoms with Gasteiger partial charge in [0.15, 0.2) is 0 Å². The zero-order valence-electron chi connectivity index (χ0n) is 14.0. The fourth-order valence-electron chi connectivity index (χ4n) is 2.40. The Morgan fingerprint density at radius 3 is 2.59 bits per heavy atom. The van der Waals surface area contributed by atoms with Crippen LogP contribution in [0.3, 0.4) is 0 Å². The molecule has 2 heterocycles. The van der Waals surface area contributed by atoms with Gasteiger partial charge < -0.3 is 10.6 Å². The van der Waals surface area contributed by atoms with Crippen molar-refractivity contribution in [2.45, 2.75) is 12.7 Å². The highest BCUT2D eigenvalue weighted by Gasteiger charge is 2.33. The molecule has 0 saturated heterocycles. The number of aromatic nitrogens is 2. The first-order valence-electron chi connectivity index (χ1n) is 8.00. The van der Waals surface area contributed by atoms with Gasteiger partial charge in [-0.05, 0) is 35.9 Å². The van der Waals surface area contributed by atoms with Gasteiger partial charge in [-0.3, -0.25) is 9.78 Å². The average Bonchev–Trinajstić information content (AvgIpc) is 2.67. The molecule has 1 amide bonds. The molecule has 2 N–H and O–H groups in total. The molecule has 8 heteroatoms. The van der Waals surface area contributed by atoms with Gasteiger partial charge in [0, 0.05) is 30.7 Å². The highest BCUT2D eigenvalue weighted by atomic mass is 19.4. The Labute approximate surface area is 153 Å². The van der Waals surface area contributed by atoms with E-state index in [1.165, 1.54) is 36.5 Å². The molecular weight excluding hydrogens is 357 g/mol. The van der Waals surface area contributed by atoms with Crippen molar-refractivity contribution in [2.24, 2.45) is 0 Å². The maximum Gasteiger partial charge on any atom is 0.418 e. The monoisotopic (exact) mass is 372 g/mol. The van der Waals surface area contributed by atoms with Gasteiger partial charge in [-0.25, -0.2) is 4.98 Å². The third-order valence-electron chi connectivity index (χ3n) is 3.69. The maximum atomic E-state index is 13.1. The van der Waals surface area contributed by atoms with Crippen LogP contribution in [0, 0.1) is 0 Å². The predicted molar refractivity (Wildman–Crippen MR) is 94.4 cm³/mol. The number of nitrogens with zero attached hydrogens (tertiary/aromatic N) is 2. The number of anilines is 2. The second-order valence-corrected chi connectivity index (χ2v) is 5.64. The van der Waals surface area contributed by atoms with E-state index >= 15 is 0 Å². The van der Waals surface area contributed by atoms with Crippen molar-refractivity contribution in [1.29, 1.82) is 0 Å². The van der Waals surface area contributed by atoms with Crippen molar-refractivity contribution in [2.75, 3.05) is 5.32 Å². The first-order chi connectivity index (χ1) is 12.9. The summed E-state index contributed by atoms with van der Waals surface area (Å²) in [7, 11) is 0. The number of hydrogen-bond acceptors (Lipinski definition) is 4. The molecule has 3 rings (SSSR count). The Balaban J connectivity index is 1.74. The van der Waals surface area contributed by atoms with Crippen molar-refractivity contribution < 1.29 is 18.0 Å². The highest BCUT2D eigenvalue weighted by Crippen LogP contribution is 2.35. The molecule has 0 unspecified atom stereocenters. The summed E-state index contributed by atoms with van der Waals surface area (Å²) in [6.45, 7) is 0.286. The lowest BCUT2D eigenvalue weighted by atomic mass is 10.1. The van der Waals surface area contributed by atoms with Crippen LogP contribution < -0.4 is 10.6 Å². The quantitative estimate of drug-likeness (QED) is 0.706. The van der Waals surface area contributed by atoms with E-state index in [1.54, 1.807) is 18.5 Å². The Bertz CT molecular complexity index is 929. The number of amides is 1. The van der Waals surface area contributed by atoms with Gasteiger partial charge >= 0.3 is 6.18 Å². The van der Waals surface area contributed by atoms with Crippen LogP contribution in [0.5, 0.6) is 0 Å². The van der Waals surface area contributed by atoms with Crippen LogP contribution >= 0.6 is 0 Å². The predicted octanol–water partition coefficient (Wildman–Crippen LogP) is 4.17. The van der Waals surface area contributed by atoms with Gasteiger partial charge in [0.25, 0.3) is 5.91 Å². The number of nitrogens with one attached hydrogen (secondary N) is 2. The lowest BCUT2D eigenvalue weighted by molar-refractivity contribution is -0.136. The number of carbonyl (C=O) groups is 1. The molecule has 1 aromatic carbocycles. The summed E-state index contributed by atoms with van der Waals surface area (Å²) in [5, 5.41) is 5.35. The van der Waals surface area contributed by atoms with Crippen LogP contribution in [0.1, 0.15) is 21.5 Å². The van der Waals surface area contributed by atoms with E-state index in [9.17, 15) is 18.0 Å². The second kappa shape index (κ2) is 7.86. The van der Waals surface area contributed by atoms with E-state index in [0.717, 1.165) is 11.6 Å². The van der Waals surface area contributed by atoms with Gasteiger partial charge in [0.2, 0.25) is 0 Å². The molecule has 0 aliphatic heterocycles. The number of rotatable bonds is 5. The maximum absolute atomic E-state index is 13.1. The highest BCUT2D eigenvalue weighted by molar-refractivity contribution is 5.94. The molecule has 27 heavy (non-hydrogen) atoms. The first-order valence-corrected chi connectivity index (χ1v) is 8.00. The van der Waals surface area contributed by atoms with E-state index in [-0.39, 0.29) is 29.5 Å². The minimum atomic E-state index is -4.50. The molecule has 2 aromatic heterocycles. The van der Waals surface area contributed by atoms with Crippen LogP contribution in [-0.2, 0) is 12.7 Å². The van der Waals surface area contributed by atoms with Gasteiger partial charge in [-0.1, -0.05) is 18.2 Å². The van der Waals surface area contributed by atoms with Crippen molar-refractivity contribution in [3.05, 3.63) is 83.8 Å². The van der Waals surface area contributed by atoms with Crippen LogP contribution in [0.2, 0.25) is 0 Å². The number of pyridine rings is 2. The second-order valence-electron chi connectivity index (χ2n) is 5.64. The SMILES string of the molecule is O=C(NCc1cccnc1)c1ccnc(Nc2ccccc2C(F)(F)F)c1. The largest absolute Gasteiger partial charge is 0.418 e. The summed E-state index contributed by atoms with van der Waals surface area (Å²) in [5.74, 6) is -0.228. The number of para-hydroxylation sites is 1. The van der Waals surface area contributed by atoms with Crippen LogP contribution in [-0.4, -0.2) is 15.9 Å². The third kappa shape index (κ3) is 4.81. The van der Waals surface area contributed by atoms with E-state index in [1.807, 2.05) is 6.07 Å². The van der Waals surface area contributed by atoms with E-state index < -0.39 is 11.7 Å². The molecule has 138 valence electrons. The summed E-state index contributed by atoms with van der Waals surface area (Å²) < 4.78 is 39.3. The smallest absolute Gasteiger partial charge is 0.348 e. The standard InChI is InChI=1S/C19H15F3N4O/c20-19(21,22)15-5-1-2-6-16(15)26-17-10-14(7-9-24-17)18(27)25-12-13-4-3-8-23-11-13/h1-11H,12H2,(H,24,26)(H,25,27). The molecule has 0 aliphatic rings. The third-order valence-corrected chi connectivity index (χ3v) is 3.69. The Hall–Kier alpha value is -3.42. The molecule has 3 aromatic rings. The first kappa shape index (κ1) is 18.4. The van der Waals surface area contributed by atoms with Gasteiger partial charge in [-0.2, -0.15) is 13.2 Å². The van der Waals surface area contributed by atoms with Crippen molar-refractivity contribution in [1.82, 2.24) is 15.3 Å². The average molecular weight is 372 g/mol. The van der Waals surface area contributed by atoms with Gasteiger partial charge in [0.05, 0.1) is 11.3 Å². The summed E-state index contributed by atoms with van der Waals surface area (Å²) in [5.41, 5.74) is 0.168. The minimum Gasteiger partial charge on any atom is -0.348 e. The fraction of sp³-hybridized carbons (Fsp3) is 0.105. The van der Waals surface area contributed by atoms with E-state index in [0.29, 0.717) is 0 Å². The number of hydrogen-bond donors (Lipinski definition) is 2. The normalized spacial score (nSPS) is 11.1. The molecule has 0 spiro atoms. The van der Waals surface area contributed by atoms with E-state index in [2.05, 4.69) is 20.6 Å². The molecule has 0 aliphatic carbocycles.